The Morgan fingerprint density at radius 2 is 1.39 bits per heavy atom. The topological polar surface area (TPSA) is 64.6 Å². The quantitative estimate of drug-likeness (QED) is 0.882. The van der Waals surface area contributed by atoms with Crippen molar-refractivity contribution in [1.29, 1.82) is 0 Å². The van der Waals surface area contributed by atoms with Crippen LogP contribution in [0.5, 0.6) is 11.5 Å². The van der Waals surface area contributed by atoms with Gasteiger partial charge in [-0.05, 0) is 61.0 Å². The average Bonchev–Trinajstić information content (AvgIpc) is 2.60. The average molecular weight is 333 g/mol. The van der Waals surface area contributed by atoms with Crippen molar-refractivity contribution in [3.8, 4) is 11.5 Å². The normalized spacial score (nSPS) is 11.9. The van der Waals surface area contributed by atoms with Crippen molar-refractivity contribution in [2.45, 2.75) is 11.8 Å². The first-order valence-corrected chi connectivity index (χ1v) is 8.46. The van der Waals surface area contributed by atoms with Crippen LogP contribution in [0.1, 0.15) is 12.5 Å². The Kier molecular flexibility index (Phi) is 5.28. The highest BCUT2D eigenvalue weighted by atomic mass is 32.2. The van der Waals surface area contributed by atoms with E-state index in [0.717, 1.165) is 5.56 Å². The van der Waals surface area contributed by atoms with Crippen LogP contribution in [-0.4, -0.2) is 22.6 Å². The minimum Gasteiger partial charge on any atom is -0.497 e. The van der Waals surface area contributed by atoms with Crippen LogP contribution in [0.3, 0.4) is 0 Å². The number of hydrogen-bond acceptors (Lipinski definition) is 4. The third-order valence-corrected chi connectivity index (χ3v) is 4.69. The van der Waals surface area contributed by atoms with Gasteiger partial charge < -0.3 is 9.47 Å². The van der Waals surface area contributed by atoms with Gasteiger partial charge in [-0.1, -0.05) is 6.08 Å². The Labute approximate surface area is 136 Å². The molecule has 122 valence electrons. The van der Waals surface area contributed by atoms with Gasteiger partial charge in [0.05, 0.1) is 24.8 Å². The maximum atomic E-state index is 12.5. The molecule has 2 aromatic rings. The van der Waals surface area contributed by atoms with E-state index in [4.69, 9.17) is 9.47 Å². The number of hydrogen-bond donors (Lipinski definition) is 1. The summed E-state index contributed by atoms with van der Waals surface area (Å²) in [4.78, 5) is 0.172. The van der Waals surface area contributed by atoms with Crippen molar-refractivity contribution >= 4 is 15.7 Å². The predicted molar refractivity (Wildman–Crippen MR) is 90.0 cm³/mol. The van der Waals surface area contributed by atoms with E-state index in [-0.39, 0.29) is 4.90 Å². The van der Waals surface area contributed by atoms with E-state index in [1.807, 2.05) is 0 Å². The lowest BCUT2D eigenvalue weighted by Gasteiger charge is -2.12. The van der Waals surface area contributed by atoms with Crippen LogP contribution < -0.4 is 14.2 Å². The Morgan fingerprint density at radius 3 is 1.83 bits per heavy atom. The van der Waals surface area contributed by atoms with Gasteiger partial charge in [-0.3, -0.25) is 4.72 Å². The first kappa shape index (κ1) is 16.9. The molecule has 0 heterocycles. The summed E-state index contributed by atoms with van der Waals surface area (Å²) in [6.07, 6.45) is 1.71. The molecular formula is C17H19NO4S. The number of benzene rings is 2. The summed E-state index contributed by atoms with van der Waals surface area (Å²) < 4.78 is 37.7. The van der Waals surface area contributed by atoms with E-state index in [2.05, 4.69) is 4.72 Å². The maximum Gasteiger partial charge on any atom is 0.261 e. The molecule has 1 N–H and O–H groups in total. The zero-order valence-electron chi connectivity index (χ0n) is 13.2. The summed E-state index contributed by atoms with van der Waals surface area (Å²) in [5.41, 5.74) is 1.26. The summed E-state index contributed by atoms with van der Waals surface area (Å²) in [5.74, 6) is 1.31. The highest BCUT2D eigenvalue weighted by Crippen LogP contribution is 2.20. The van der Waals surface area contributed by atoms with Crippen molar-refractivity contribution in [3.05, 3.63) is 60.2 Å². The summed E-state index contributed by atoms with van der Waals surface area (Å²) in [7, 11) is -0.553. The minimum atomic E-state index is -3.67. The Hall–Kier alpha value is -2.47. The first-order valence-electron chi connectivity index (χ1n) is 6.98. The lowest BCUT2D eigenvalue weighted by Crippen LogP contribution is -2.22. The second-order valence-electron chi connectivity index (χ2n) is 4.71. The summed E-state index contributed by atoms with van der Waals surface area (Å²) >= 11 is 0. The summed E-state index contributed by atoms with van der Waals surface area (Å²) in [5, 5.41) is 0. The predicted octanol–water partition coefficient (Wildman–Crippen LogP) is 3.04. The van der Waals surface area contributed by atoms with E-state index < -0.39 is 10.0 Å². The lowest BCUT2D eigenvalue weighted by molar-refractivity contribution is 0.414. The fourth-order valence-corrected chi connectivity index (χ4v) is 3.15. The Balaban J connectivity index is 2.25. The third-order valence-electron chi connectivity index (χ3n) is 3.30. The molecule has 0 aliphatic rings. The van der Waals surface area contributed by atoms with Gasteiger partial charge in [0.15, 0.2) is 0 Å². The van der Waals surface area contributed by atoms with Crippen LogP contribution in [0.25, 0.3) is 5.70 Å². The largest absolute Gasteiger partial charge is 0.497 e. The van der Waals surface area contributed by atoms with Gasteiger partial charge in [0.1, 0.15) is 11.5 Å². The molecule has 0 unspecified atom stereocenters. The van der Waals surface area contributed by atoms with E-state index in [0.29, 0.717) is 17.2 Å². The van der Waals surface area contributed by atoms with E-state index in [1.54, 1.807) is 56.5 Å². The third kappa shape index (κ3) is 4.04. The van der Waals surface area contributed by atoms with Crippen LogP contribution >= 0.6 is 0 Å². The number of ether oxygens (including phenoxy) is 2. The molecule has 0 spiro atoms. The fraction of sp³-hybridized carbons (Fsp3) is 0.176. The molecule has 0 bridgehead atoms. The molecule has 0 aliphatic carbocycles. The molecule has 2 aromatic carbocycles. The minimum absolute atomic E-state index is 0.172. The van der Waals surface area contributed by atoms with Gasteiger partial charge in [0, 0.05) is 0 Å². The van der Waals surface area contributed by atoms with Crippen molar-refractivity contribution in [2.75, 3.05) is 14.2 Å². The number of rotatable bonds is 6. The van der Waals surface area contributed by atoms with Gasteiger partial charge in [0.2, 0.25) is 0 Å². The number of allylic oxidation sites excluding steroid dienone is 1. The number of sulfonamides is 1. The Morgan fingerprint density at radius 1 is 0.913 bits per heavy atom. The molecular weight excluding hydrogens is 314 g/mol. The molecule has 0 amide bonds. The monoisotopic (exact) mass is 333 g/mol. The molecule has 5 nitrogen and oxygen atoms in total. The standard InChI is InChI=1S/C17H19NO4S/c1-4-17(13-5-7-14(21-2)8-6-13)18-23(19,20)16-11-9-15(22-3)10-12-16/h4-12,18H,1-3H3/b17-4+. The zero-order valence-corrected chi connectivity index (χ0v) is 14.1. The van der Waals surface area contributed by atoms with Crippen LogP contribution in [0.2, 0.25) is 0 Å². The van der Waals surface area contributed by atoms with Gasteiger partial charge >= 0.3 is 0 Å². The molecule has 2 rings (SSSR count). The van der Waals surface area contributed by atoms with Crippen molar-refractivity contribution in [2.24, 2.45) is 0 Å². The number of nitrogens with one attached hydrogen (secondary N) is 1. The summed E-state index contributed by atoms with van der Waals surface area (Å²) in [6.45, 7) is 1.77. The highest BCUT2D eigenvalue weighted by Gasteiger charge is 2.16. The zero-order chi connectivity index (χ0) is 16.9. The van der Waals surface area contributed by atoms with E-state index >= 15 is 0 Å². The van der Waals surface area contributed by atoms with Crippen LogP contribution in [0.15, 0.2) is 59.5 Å². The molecule has 0 saturated carbocycles. The molecule has 0 fully saturated rings. The highest BCUT2D eigenvalue weighted by molar-refractivity contribution is 7.89. The first-order chi connectivity index (χ1) is 11.0. The molecule has 23 heavy (non-hydrogen) atoms. The van der Waals surface area contributed by atoms with Crippen molar-refractivity contribution < 1.29 is 17.9 Å². The van der Waals surface area contributed by atoms with Crippen LogP contribution in [0, 0.1) is 0 Å². The maximum absolute atomic E-state index is 12.5. The molecule has 0 saturated heterocycles. The lowest BCUT2D eigenvalue weighted by atomic mass is 10.1. The summed E-state index contributed by atoms with van der Waals surface area (Å²) in [6, 6.07) is 13.4. The molecule has 0 atom stereocenters. The van der Waals surface area contributed by atoms with Gasteiger partial charge in [-0.25, -0.2) is 8.42 Å². The van der Waals surface area contributed by atoms with Crippen LogP contribution in [0.4, 0.5) is 0 Å². The van der Waals surface area contributed by atoms with E-state index in [9.17, 15) is 8.42 Å². The van der Waals surface area contributed by atoms with Crippen molar-refractivity contribution in [1.82, 2.24) is 4.72 Å². The fourth-order valence-electron chi connectivity index (χ4n) is 2.01. The molecule has 6 heteroatoms. The molecule has 0 aromatic heterocycles. The molecule has 0 aliphatic heterocycles. The van der Waals surface area contributed by atoms with E-state index in [1.165, 1.54) is 19.2 Å². The second-order valence-corrected chi connectivity index (χ2v) is 6.39. The second kappa shape index (κ2) is 7.19. The van der Waals surface area contributed by atoms with Crippen molar-refractivity contribution in [3.63, 3.8) is 0 Å². The number of methoxy groups -OCH3 is 2. The smallest absolute Gasteiger partial charge is 0.261 e. The van der Waals surface area contributed by atoms with Crippen LogP contribution in [-0.2, 0) is 10.0 Å². The SMILES string of the molecule is C/C=C(/NS(=O)(=O)c1ccc(OC)cc1)c1ccc(OC)cc1. The Bertz CT molecular complexity index is 778. The molecule has 0 radical (unpaired) electrons. The van der Waals surface area contributed by atoms with Gasteiger partial charge in [-0.2, -0.15) is 0 Å². The van der Waals surface area contributed by atoms with Gasteiger partial charge in [-0.15, -0.1) is 0 Å². The van der Waals surface area contributed by atoms with Gasteiger partial charge in [0.25, 0.3) is 10.0 Å².